The Labute approximate surface area is 136 Å². The minimum Gasteiger partial charge on any atom is -0.351 e. The Morgan fingerprint density at radius 1 is 1.43 bits per heavy atom. The maximum atomic E-state index is 13.1. The zero-order valence-electron chi connectivity index (χ0n) is 13.5. The molecule has 1 unspecified atom stereocenters. The van der Waals surface area contributed by atoms with Gasteiger partial charge in [-0.05, 0) is 32.6 Å². The molecule has 0 radical (unpaired) electrons. The van der Waals surface area contributed by atoms with Crippen LogP contribution in [0, 0.1) is 5.92 Å². The highest BCUT2D eigenvalue weighted by molar-refractivity contribution is 7.86. The molecule has 0 spiro atoms. The van der Waals surface area contributed by atoms with Crippen molar-refractivity contribution in [2.45, 2.75) is 42.8 Å². The zero-order chi connectivity index (χ0) is 17.4. The number of nitrogens with two attached hydrogens (primary N) is 1. The van der Waals surface area contributed by atoms with Gasteiger partial charge in [0.15, 0.2) is 0 Å². The number of piperidine rings is 1. The molecule has 1 fully saturated rings. The number of urea groups is 1. The molecule has 0 aromatic carbocycles. The number of halogens is 2. The van der Waals surface area contributed by atoms with Crippen molar-refractivity contribution in [2.24, 2.45) is 18.7 Å². The number of aryl methyl sites for hydroxylation is 1. The van der Waals surface area contributed by atoms with E-state index in [9.17, 15) is 17.8 Å². The number of hydrogen-bond donors (Lipinski definition) is 1. The summed E-state index contributed by atoms with van der Waals surface area (Å²) in [6, 6.07) is -0.463. The number of amides is 2. The Kier molecular flexibility index (Phi) is 5.07. The van der Waals surface area contributed by atoms with Gasteiger partial charge in [0.05, 0.1) is 15.7 Å². The summed E-state index contributed by atoms with van der Waals surface area (Å²) >= 11 is 0. The van der Waals surface area contributed by atoms with E-state index in [1.807, 2.05) is 13.8 Å². The van der Waals surface area contributed by atoms with Crippen molar-refractivity contribution in [1.29, 1.82) is 0 Å². The monoisotopic (exact) mass is 348 g/mol. The van der Waals surface area contributed by atoms with Crippen LogP contribution in [0.3, 0.4) is 0 Å². The predicted molar refractivity (Wildman–Crippen MR) is 82.5 cm³/mol. The molecule has 0 saturated carbocycles. The standard InChI is InChI=1S/C14H22F2N4O2S/c1-14(2,9-4-6-20(7-5-9)13(17)21)23(22)10-8-19(3)18-11(10)12(15)16/h8-9,12H,4-7H2,1-3H3,(H2,17,21). The Bertz CT molecular complexity index is 610. The summed E-state index contributed by atoms with van der Waals surface area (Å²) in [5.41, 5.74) is 4.84. The van der Waals surface area contributed by atoms with Crippen molar-refractivity contribution in [2.75, 3.05) is 13.1 Å². The fourth-order valence-electron chi connectivity index (χ4n) is 3.01. The second kappa shape index (κ2) is 6.54. The van der Waals surface area contributed by atoms with Gasteiger partial charge in [0.2, 0.25) is 0 Å². The second-order valence-electron chi connectivity index (χ2n) is 6.32. The molecule has 1 aromatic rings. The van der Waals surface area contributed by atoms with Gasteiger partial charge >= 0.3 is 6.03 Å². The minimum atomic E-state index is -2.76. The molecule has 1 saturated heterocycles. The zero-order valence-corrected chi connectivity index (χ0v) is 14.3. The Hall–Kier alpha value is -1.51. The summed E-state index contributed by atoms with van der Waals surface area (Å²) in [5, 5.41) is 3.73. The van der Waals surface area contributed by atoms with Crippen LogP contribution in [0.15, 0.2) is 11.1 Å². The molecule has 0 aliphatic carbocycles. The molecular weight excluding hydrogens is 326 g/mol. The van der Waals surface area contributed by atoms with Crippen LogP contribution in [0.2, 0.25) is 0 Å². The van der Waals surface area contributed by atoms with Crippen molar-refractivity contribution in [3.63, 3.8) is 0 Å². The van der Waals surface area contributed by atoms with Gasteiger partial charge in [0, 0.05) is 31.1 Å². The van der Waals surface area contributed by atoms with Crippen LogP contribution in [0.5, 0.6) is 0 Å². The first-order chi connectivity index (χ1) is 10.6. The summed E-state index contributed by atoms with van der Waals surface area (Å²) in [4.78, 5) is 12.8. The number of primary amides is 1. The number of aromatic nitrogens is 2. The van der Waals surface area contributed by atoms with Gasteiger partial charge in [-0.3, -0.25) is 8.89 Å². The quantitative estimate of drug-likeness (QED) is 0.904. The maximum Gasteiger partial charge on any atom is 0.314 e. The second-order valence-corrected chi connectivity index (χ2v) is 8.35. The van der Waals surface area contributed by atoms with Crippen molar-refractivity contribution < 1.29 is 17.8 Å². The fraction of sp³-hybridized carbons (Fsp3) is 0.714. The Balaban J connectivity index is 2.20. The summed E-state index contributed by atoms with van der Waals surface area (Å²) in [6.07, 6.45) is -0.0711. The topological polar surface area (TPSA) is 81.2 Å². The van der Waals surface area contributed by atoms with Crippen molar-refractivity contribution in [3.05, 3.63) is 11.9 Å². The van der Waals surface area contributed by atoms with Crippen LogP contribution >= 0.6 is 0 Å². The summed E-state index contributed by atoms with van der Waals surface area (Å²) in [6.45, 7) is 4.62. The molecule has 1 aliphatic rings. The van der Waals surface area contributed by atoms with E-state index >= 15 is 0 Å². The maximum absolute atomic E-state index is 13.1. The Morgan fingerprint density at radius 3 is 2.48 bits per heavy atom. The van der Waals surface area contributed by atoms with E-state index < -0.39 is 33.7 Å². The molecule has 2 amide bonds. The van der Waals surface area contributed by atoms with E-state index in [2.05, 4.69) is 5.10 Å². The third-order valence-electron chi connectivity index (χ3n) is 4.50. The van der Waals surface area contributed by atoms with E-state index in [0.717, 1.165) is 0 Å². The minimum absolute atomic E-state index is 0.0460. The number of rotatable bonds is 4. The Morgan fingerprint density at radius 2 is 2.00 bits per heavy atom. The van der Waals surface area contributed by atoms with E-state index in [4.69, 9.17) is 5.73 Å². The molecule has 2 heterocycles. The normalized spacial score (nSPS) is 18.4. The highest BCUT2D eigenvalue weighted by atomic mass is 32.2. The number of nitrogens with zero attached hydrogens (tertiary/aromatic N) is 3. The lowest BCUT2D eigenvalue weighted by Gasteiger charge is -2.39. The molecule has 23 heavy (non-hydrogen) atoms. The number of alkyl halides is 2. The third kappa shape index (κ3) is 3.54. The molecule has 9 heteroatoms. The van der Waals surface area contributed by atoms with Crippen LogP contribution < -0.4 is 5.73 Å². The number of hydrogen-bond acceptors (Lipinski definition) is 3. The van der Waals surface area contributed by atoms with Gasteiger partial charge in [-0.2, -0.15) is 5.10 Å². The molecule has 2 rings (SSSR count). The molecule has 1 atom stereocenters. The van der Waals surface area contributed by atoms with E-state index in [1.165, 1.54) is 17.9 Å². The predicted octanol–water partition coefficient (Wildman–Crippen LogP) is 2.03. The van der Waals surface area contributed by atoms with Gasteiger partial charge in [-0.15, -0.1) is 0 Å². The lowest BCUT2D eigenvalue weighted by atomic mass is 9.86. The molecule has 130 valence electrons. The largest absolute Gasteiger partial charge is 0.351 e. The SMILES string of the molecule is Cn1cc(S(=O)C(C)(C)C2CCN(C(N)=O)CC2)c(C(F)F)n1. The molecule has 6 nitrogen and oxygen atoms in total. The van der Waals surface area contributed by atoms with Gasteiger partial charge in [0.1, 0.15) is 5.69 Å². The summed E-state index contributed by atoms with van der Waals surface area (Å²) in [7, 11) is -0.0899. The van der Waals surface area contributed by atoms with Crippen LogP contribution in [0.25, 0.3) is 0 Å². The lowest BCUT2D eigenvalue weighted by Crippen LogP contribution is -2.47. The van der Waals surface area contributed by atoms with E-state index in [0.29, 0.717) is 25.9 Å². The van der Waals surface area contributed by atoms with Crippen LogP contribution in [-0.2, 0) is 17.8 Å². The number of likely N-dealkylation sites (tertiary alicyclic amines) is 1. The highest BCUT2D eigenvalue weighted by Crippen LogP contribution is 2.37. The first-order valence-corrected chi connectivity index (χ1v) is 8.57. The first-order valence-electron chi connectivity index (χ1n) is 7.42. The first kappa shape index (κ1) is 17.8. The molecular formula is C14H22F2N4O2S. The molecule has 1 aromatic heterocycles. The summed E-state index contributed by atoms with van der Waals surface area (Å²) in [5.74, 6) is 0.0460. The fourth-order valence-corrected chi connectivity index (χ4v) is 4.68. The molecule has 2 N–H and O–H groups in total. The molecule has 0 bridgehead atoms. The van der Waals surface area contributed by atoms with Gasteiger partial charge in [0.25, 0.3) is 6.43 Å². The average Bonchev–Trinajstić information content (AvgIpc) is 2.88. The number of carbonyl (C=O) groups is 1. The third-order valence-corrected chi connectivity index (χ3v) is 6.50. The van der Waals surface area contributed by atoms with E-state index in [1.54, 1.807) is 4.90 Å². The smallest absolute Gasteiger partial charge is 0.314 e. The van der Waals surface area contributed by atoms with Gasteiger partial charge in [-0.1, -0.05) is 0 Å². The van der Waals surface area contributed by atoms with Crippen LogP contribution in [-0.4, -0.2) is 42.8 Å². The van der Waals surface area contributed by atoms with E-state index in [-0.39, 0.29) is 10.8 Å². The number of carbonyl (C=O) groups excluding carboxylic acids is 1. The van der Waals surface area contributed by atoms with Gasteiger partial charge in [-0.25, -0.2) is 13.6 Å². The molecule has 1 aliphatic heterocycles. The van der Waals surface area contributed by atoms with Crippen molar-refractivity contribution in [3.8, 4) is 0 Å². The summed E-state index contributed by atoms with van der Waals surface area (Å²) < 4.78 is 39.7. The highest BCUT2D eigenvalue weighted by Gasteiger charge is 2.40. The average molecular weight is 348 g/mol. The van der Waals surface area contributed by atoms with Crippen molar-refractivity contribution >= 4 is 16.8 Å². The lowest BCUT2D eigenvalue weighted by molar-refractivity contribution is 0.142. The van der Waals surface area contributed by atoms with Crippen LogP contribution in [0.4, 0.5) is 13.6 Å². The van der Waals surface area contributed by atoms with Crippen molar-refractivity contribution in [1.82, 2.24) is 14.7 Å². The van der Waals surface area contributed by atoms with Crippen LogP contribution in [0.1, 0.15) is 38.8 Å². The van der Waals surface area contributed by atoms with Gasteiger partial charge < -0.3 is 10.6 Å².